The summed E-state index contributed by atoms with van der Waals surface area (Å²) in [6.45, 7) is 0. The van der Waals surface area contributed by atoms with E-state index in [0.29, 0.717) is 21.5 Å². The maximum atomic E-state index is 12.0. The van der Waals surface area contributed by atoms with E-state index < -0.39 is 0 Å². The molecule has 0 atom stereocenters. The number of hydrogen-bond acceptors (Lipinski definition) is 5. The maximum Gasteiger partial charge on any atom is 0.274 e. The average molecular weight is 337 g/mol. The molecule has 8 heteroatoms. The molecule has 2 heterocycles. The summed E-state index contributed by atoms with van der Waals surface area (Å²) < 4.78 is 5.18. The highest BCUT2D eigenvalue weighted by Crippen LogP contribution is 2.30. The van der Waals surface area contributed by atoms with Gasteiger partial charge < -0.3 is 9.73 Å². The van der Waals surface area contributed by atoms with Gasteiger partial charge in [0.2, 0.25) is 5.95 Å². The molecule has 0 bridgehead atoms. The summed E-state index contributed by atoms with van der Waals surface area (Å²) in [7, 11) is 0. The first-order chi connectivity index (χ1) is 10.6. The van der Waals surface area contributed by atoms with E-state index in [1.165, 1.54) is 6.26 Å². The lowest BCUT2D eigenvalue weighted by atomic mass is 10.2. The molecule has 6 nitrogen and oxygen atoms in total. The van der Waals surface area contributed by atoms with Gasteiger partial charge in [0.1, 0.15) is 11.5 Å². The molecule has 0 fully saturated rings. The Morgan fingerprint density at radius 3 is 2.77 bits per heavy atom. The predicted octanol–water partition coefficient (Wildman–Crippen LogP) is 3.40. The van der Waals surface area contributed by atoms with Crippen LogP contribution in [-0.4, -0.2) is 15.2 Å². The number of aromatic nitrogens is 3. The number of hydrogen-bond donors (Lipinski definition) is 2. The van der Waals surface area contributed by atoms with Gasteiger partial charge in [0.25, 0.3) is 5.56 Å². The van der Waals surface area contributed by atoms with Crippen LogP contribution in [0.3, 0.4) is 0 Å². The minimum atomic E-state index is -0.355. The molecule has 112 valence electrons. The number of aromatic amines is 1. The summed E-state index contributed by atoms with van der Waals surface area (Å²) in [5.74, 6) is 0.816. The third-order valence-electron chi connectivity index (χ3n) is 2.89. The number of rotatable bonds is 4. The van der Waals surface area contributed by atoms with Gasteiger partial charge >= 0.3 is 0 Å². The quantitative estimate of drug-likeness (QED) is 0.762. The molecule has 0 saturated carbocycles. The van der Waals surface area contributed by atoms with Gasteiger partial charge in [0.05, 0.1) is 28.4 Å². The molecule has 0 aliphatic carbocycles. The monoisotopic (exact) mass is 336 g/mol. The fourth-order valence-electron chi connectivity index (χ4n) is 1.84. The first-order valence-electron chi connectivity index (χ1n) is 6.33. The van der Waals surface area contributed by atoms with Crippen LogP contribution in [0.5, 0.6) is 0 Å². The van der Waals surface area contributed by atoms with E-state index in [9.17, 15) is 4.79 Å². The summed E-state index contributed by atoms with van der Waals surface area (Å²) in [5.41, 5.74) is 0.433. The minimum Gasteiger partial charge on any atom is -0.469 e. The lowest BCUT2D eigenvalue weighted by Gasteiger charge is -2.07. The second kappa shape index (κ2) is 6.21. The standard InChI is InChI=1S/C14H10Cl2N4O2/c15-9-4-1-5-10(12(9)16)17-14-18-13(21)11(19-20-14)7-8-3-2-6-22-8/h1-6H,7H2,(H2,17,18,20,21). The summed E-state index contributed by atoms with van der Waals surface area (Å²) in [6, 6.07) is 8.61. The number of anilines is 2. The zero-order valence-corrected chi connectivity index (χ0v) is 12.6. The summed E-state index contributed by atoms with van der Waals surface area (Å²) in [6.07, 6.45) is 1.81. The van der Waals surface area contributed by atoms with Gasteiger partial charge in [-0.25, -0.2) is 0 Å². The number of benzene rings is 1. The van der Waals surface area contributed by atoms with Gasteiger partial charge in [-0.2, -0.15) is 0 Å². The average Bonchev–Trinajstić information content (AvgIpc) is 3.00. The minimum absolute atomic E-state index is 0.178. The van der Waals surface area contributed by atoms with Crippen LogP contribution in [0.4, 0.5) is 11.6 Å². The van der Waals surface area contributed by atoms with E-state index in [0.717, 1.165) is 0 Å². The number of furan rings is 1. The van der Waals surface area contributed by atoms with Crippen molar-refractivity contribution in [1.82, 2.24) is 15.2 Å². The highest BCUT2D eigenvalue weighted by molar-refractivity contribution is 6.43. The van der Waals surface area contributed by atoms with E-state index >= 15 is 0 Å². The molecule has 22 heavy (non-hydrogen) atoms. The molecular weight excluding hydrogens is 327 g/mol. The van der Waals surface area contributed by atoms with Gasteiger partial charge in [-0.3, -0.25) is 9.78 Å². The van der Waals surface area contributed by atoms with Gasteiger partial charge in [-0.05, 0) is 24.3 Å². The molecule has 0 radical (unpaired) electrons. The van der Waals surface area contributed by atoms with Gasteiger partial charge in [-0.15, -0.1) is 10.2 Å². The topological polar surface area (TPSA) is 83.8 Å². The van der Waals surface area contributed by atoms with E-state index in [4.69, 9.17) is 27.6 Å². The second-order valence-electron chi connectivity index (χ2n) is 4.43. The third kappa shape index (κ3) is 3.13. The largest absolute Gasteiger partial charge is 0.469 e. The summed E-state index contributed by atoms with van der Waals surface area (Å²) >= 11 is 12.0. The van der Waals surface area contributed by atoms with Crippen LogP contribution in [0.1, 0.15) is 11.5 Å². The Morgan fingerprint density at radius 2 is 2.05 bits per heavy atom. The van der Waals surface area contributed by atoms with Gasteiger partial charge in [0.15, 0.2) is 0 Å². The van der Waals surface area contributed by atoms with Crippen LogP contribution in [0.25, 0.3) is 0 Å². The first-order valence-corrected chi connectivity index (χ1v) is 7.08. The lowest BCUT2D eigenvalue weighted by molar-refractivity contribution is 0.517. The highest BCUT2D eigenvalue weighted by atomic mass is 35.5. The second-order valence-corrected chi connectivity index (χ2v) is 5.22. The Morgan fingerprint density at radius 1 is 1.18 bits per heavy atom. The molecule has 0 saturated heterocycles. The van der Waals surface area contributed by atoms with Crippen molar-refractivity contribution >= 4 is 34.8 Å². The molecular formula is C14H10Cl2N4O2. The molecule has 0 unspecified atom stereocenters. The Kier molecular flexibility index (Phi) is 4.13. The predicted molar refractivity (Wildman–Crippen MR) is 83.9 cm³/mol. The Bertz CT molecular complexity index is 846. The molecule has 0 spiro atoms. The highest BCUT2D eigenvalue weighted by Gasteiger charge is 2.10. The van der Waals surface area contributed by atoms with Crippen molar-refractivity contribution in [3.8, 4) is 0 Å². The molecule has 0 aliphatic rings. The van der Waals surface area contributed by atoms with Crippen LogP contribution in [-0.2, 0) is 6.42 Å². The van der Waals surface area contributed by atoms with Crippen molar-refractivity contribution in [2.75, 3.05) is 5.32 Å². The first kappa shape index (κ1) is 14.6. The van der Waals surface area contributed by atoms with Crippen molar-refractivity contribution in [2.24, 2.45) is 0 Å². The lowest BCUT2D eigenvalue weighted by Crippen LogP contribution is -2.18. The SMILES string of the molecule is O=c1[nH]c(Nc2cccc(Cl)c2Cl)nnc1Cc1ccco1. The van der Waals surface area contributed by atoms with Crippen LogP contribution in [0.2, 0.25) is 10.0 Å². The smallest absolute Gasteiger partial charge is 0.274 e. The van der Waals surface area contributed by atoms with Gasteiger partial charge in [-0.1, -0.05) is 29.3 Å². The number of nitrogens with zero attached hydrogens (tertiary/aromatic N) is 2. The van der Waals surface area contributed by atoms with Crippen molar-refractivity contribution in [1.29, 1.82) is 0 Å². The molecule has 0 amide bonds. The molecule has 0 aliphatic heterocycles. The van der Waals surface area contributed by atoms with E-state index in [2.05, 4.69) is 20.5 Å². The molecule has 3 aromatic rings. The summed E-state index contributed by atoms with van der Waals surface area (Å²) in [4.78, 5) is 14.6. The van der Waals surface area contributed by atoms with Crippen molar-refractivity contribution in [3.05, 3.63) is 68.4 Å². The Balaban J connectivity index is 1.83. The van der Waals surface area contributed by atoms with Crippen LogP contribution < -0.4 is 10.9 Å². The Labute approximate surface area is 135 Å². The zero-order valence-electron chi connectivity index (χ0n) is 11.1. The van der Waals surface area contributed by atoms with Crippen molar-refractivity contribution in [3.63, 3.8) is 0 Å². The number of nitrogens with one attached hydrogen (secondary N) is 2. The van der Waals surface area contributed by atoms with E-state index in [-0.39, 0.29) is 23.6 Å². The molecule has 3 rings (SSSR count). The number of H-pyrrole nitrogens is 1. The van der Waals surface area contributed by atoms with Crippen LogP contribution >= 0.6 is 23.2 Å². The Hall–Kier alpha value is -2.31. The summed E-state index contributed by atoms with van der Waals surface area (Å²) in [5, 5.41) is 11.4. The normalized spacial score (nSPS) is 10.6. The fraction of sp³-hybridized carbons (Fsp3) is 0.0714. The van der Waals surface area contributed by atoms with Gasteiger partial charge in [0, 0.05) is 0 Å². The van der Waals surface area contributed by atoms with Crippen LogP contribution in [0, 0.1) is 0 Å². The molecule has 1 aromatic carbocycles. The fourth-order valence-corrected chi connectivity index (χ4v) is 2.19. The van der Waals surface area contributed by atoms with Crippen molar-refractivity contribution in [2.45, 2.75) is 6.42 Å². The van der Waals surface area contributed by atoms with E-state index in [1.54, 1.807) is 30.3 Å². The van der Waals surface area contributed by atoms with E-state index in [1.807, 2.05) is 0 Å². The van der Waals surface area contributed by atoms with Crippen molar-refractivity contribution < 1.29 is 4.42 Å². The number of halogens is 2. The molecule has 2 aromatic heterocycles. The zero-order chi connectivity index (χ0) is 15.5. The maximum absolute atomic E-state index is 12.0. The third-order valence-corrected chi connectivity index (χ3v) is 3.71. The van der Waals surface area contributed by atoms with Crippen LogP contribution in [0.15, 0.2) is 45.8 Å². The molecule has 2 N–H and O–H groups in total.